The van der Waals surface area contributed by atoms with E-state index in [-0.39, 0.29) is 21.4 Å². The van der Waals surface area contributed by atoms with Crippen molar-refractivity contribution >= 4 is 50.4 Å². The largest absolute Gasteiger partial charge is 0.504 e. The Morgan fingerprint density at radius 3 is 2.44 bits per heavy atom. The van der Waals surface area contributed by atoms with Crippen LogP contribution in [0, 0.1) is 12.3 Å². The molecule has 176 valence electrons. The van der Waals surface area contributed by atoms with E-state index >= 15 is 0 Å². The third kappa shape index (κ3) is 4.77. The van der Waals surface area contributed by atoms with Gasteiger partial charge in [-0.15, -0.1) is 11.3 Å². The number of anilines is 3. The molecular formula is C20H29N5O4S3. The second-order valence-electron chi connectivity index (χ2n) is 8.35. The maximum atomic E-state index is 12.9. The fourth-order valence-electron chi connectivity index (χ4n) is 3.37. The smallest absolute Gasteiger partial charge is 0.256 e. The molecular weight excluding hydrogens is 470 g/mol. The monoisotopic (exact) mass is 499 g/mol. The minimum Gasteiger partial charge on any atom is -0.504 e. The highest BCUT2D eigenvalue weighted by Gasteiger charge is 2.32. The van der Waals surface area contributed by atoms with Gasteiger partial charge in [-0.1, -0.05) is 34.6 Å². The van der Waals surface area contributed by atoms with Crippen molar-refractivity contribution in [3.8, 4) is 5.75 Å². The average molecular weight is 500 g/mol. The molecule has 0 radical (unpaired) electrons. The molecule has 0 aromatic carbocycles. The first-order valence-electron chi connectivity index (χ1n) is 10.2. The number of furan rings is 1. The number of hydrogen-bond donors (Lipinski definition) is 3. The maximum absolute atomic E-state index is 12.9. The summed E-state index contributed by atoms with van der Waals surface area (Å²) in [6.07, 6.45) is 3.31. The van der Waals surface area contributed by atoms with Gasteiger partial charge in [0.15, 0.2) is 21.6 Å². The molecule has 3 aromatic heterocycles. The minimum absolute atomic E-state index is 0.0788. The molecule has 1 atom stereocenters. The van der Waals surface area contributed by atoms with Crippen molar-refractivity contribution in [2.75, 3.05) is 23.7 Å². The number of aromatic nitrogens is 2. The van der Waals surface area contributed by atoms with Gasteiger partial charge in [-0.25, -0.2) is 8.42 Å². The zero-order valence-electron chi connectivity index (χ0n) is 19.0. The summed E-state index contributed by atoms with van der Waals surface area (Å²) in [7, 11) is -3.79. The molecule has 0 fully saturated rings. The summed E-state index contributed by atoms with van der Waals surface area (Å²) in [6, 6.07) is 1.79. The molecule has 9 nitrogen and oxygen atoms in total. The molecule has 0 amide bonds. The second kappa shape index (κ2) is 9.38. The molecule has 3 rings (SSSR count). The van der Waals surface area contributed by atoms with Gasteiger partial charge in [-0.3, -0.25) is 0 Å². The summed E-state index contributed by atoms with van der Waals surface area (Å²) < 4.78 is 41.1. The normalized spacial score (nSPS) is 13.5. The first-order valence-corrected chi connectivity index (χ1v) is 13.2. The van der Waals surface area contributed by atoms with Crippen LogP contribution in [0.2, 0.25) is 0 Å². The van der Waals surface area contributed by atoms with Gasteiger partial charge in [0.25, 0.3) is 10.0 Å². The molecule has 0 unspecified atom stereocenters. The summed E-state index contributed by atoms with van der Waals surface area (Å²) in [5.41, 5.74) is 1.13. The van der Waals surface area contributed by atoms with Gasteiger partial charge in [-0.05, 0) is 18.4 Å². The molecule has 3 aromatic rings. The van der Waals surface area contributed by atoms with Crippen molar-refractivity contribution in [2.45, 2.75) is 51.8 Å². The predicted octanol–water partition coefficient (Wildman–Crippen LogP) is 5.18. The van der Waals surface area contributed by atoms with E-state index < -0.39 is 10.0 Å². The van der Waals surface area contributed by atoms with Crippen molar-refractivity contribution in [1.29, 1.82) is 0 Å². The van der Waals surface area contributed by atoms with E-state index in [1.807, 2.05) is 6.07 Å². The van der Waals surface area contributed by atoms with E-state index in [0.29, 0.717) is 35.3 Å². The first-order chi connectivity index (χ1) is 15.0. The van der Waals surface area contributed by atoms with Crippen molar-refractivity contribution < 1.29 is 17.9 Å². The molecule has 12 heteroatoms. The topological polar surface area (TPSA) is 121 Å². The third-order valence-corrected chi connectivity index (χ3v) is 9.22. The lowest BCUT2D eigenvalue weighted by molar-refractivity contribution is 0.345. The van der Waals surface area contributed by atoms with Crippen LogP contribution in [0.3, 0.4) is 0 Å². The number of rotatable bonds is 9. The highest BCUT2D eigenvalue weighted by Crippen LogP contribution is 2.45. The highest BCUT2D eigenvalue weighted by molar-refractivity contribution is 7.91. The maximum Gasteiger partial charge on any atom is 0.256 e. The van der Waals surface area contributed by atoms with Crippen molar-refractivity contribution in [1.82, 2.24) is 13.1 Å². The lowest BCUT2D eigenvalue weighted by atomic mass is 9.83. The van der Waals surface area contributed by atoms with Gasteiger partial charge in [0.2, 0.25) is 0 Å². The number of aryl methyl sites for hydroxylation is 1. The van der Waals surface area contributed by atoms with Gasteiger partial charge in [-0.2, -0.15) is 13.1 Å². The minimum atomic E-state index is -3.79. The van der Waals surface area contributed by atoms with E-state index in [4.69, 9.17) is 4.42 Å². The van der Waals surface area contributed by atoms with Crippen LogP contribution in [0.1, 0.15) is 51.1 Å². The van der Waals surface area contributed by atoms with Crippen LogP contribution >= 0.6 is 23.1 Å². The van der Waals surface area contributed by atoms with Crippen LogP contribution < -0.4 is 10.6 Å². The SMILES string of the molecule is CCN(CC)S(=O)(=O)c1sc(C)c(Nc2nsnc2N[C@@H](c2ccoc2)C(C)(C)C)c1O. The summed E-state index contributed by atoms with van der Waals surface area (Å²) in [4.78, 5) is 0.634. The number of nitrogens with one attached hydrogen (secondary N) is 2. The molecule has 32 heavy (non-hydrogen) atoms. The number of nitrogens with zero attached hydrogens (tertiary/aromatic N) is 3. The first kappa shape index (κ1) is 24.5. The van der Waals surface area contributed by atoms with Gasteiger partial charge >= 0.3 is 0 Å². The Morgan fingerprint density at radius 2 is 1.88 bits per heavy atom. The Morgan fingerprint density at radius 1 is 1.22 bits per heavy atom. The summed E-state index contributed by atoms with van der Waals surface area (Å²) >= 11 is 2.05. The highest BCUT2D eigenvalue weighted by atomic mass is 32.2. The van der Waals surface area contributed by atoms with Gasteiger partial charge in [0.1, 0.15) is 0 Å². The Kier molecular flexibility index (Phi) is 7.18. The lowest BCUT2D eigenvalue weighted by Gasteiger charge is -2.31. The predicted molar refractivity (Wildman–Crippen MR) is 129 cm³/mol. The van der Waals surface area contributed by atoms with E-state index in [1.54, 1.807) is 33.3 Å². The van der Waals surface area contributed by atoms with Crippen molar-refractivity contribution in [3.05, 3.63) is 29.0 Å². The van der Waals surface area contributed by atoms with E-state index in [1.165, 1.54) is 4.31 Å². The van der Waals surface area contributed by atoms with E-state index in [9.17, 15) is 13.5 Å². The fraction of sp³-hybridized carbons (Fsp3) is 0.500. The second-order valence-corrected chi connectivity index (χ2v) is 12.2. The molecule has 0 aliphatic heterocycles. The van der Waals surface area contributed by atoms with Crippen molar-refractivity contribution in [2.24, 2.45) is 5.41 Å². The molecule has 0 spiro atoms. The van der Waals surface area contributed by atoms with Gasteiger partial charge in [0, 0.05) is 23.5 Å². The molecule has 3 heterocycles. The molecule has 0 saturated carbocycles. The number of sulfonamides is 1. The number of aromatic hydroxyl groups is 1. The third-order valence-electron chi connectivity index (χ3n) is 5.06. The van der Waals surface area contributed by atoms with Crippen LogP contribution in [0.5, 0.6) is 5.75 Å². The molecule has 3 N–H and O–H groups in total. The zero-order chi connectivity index (χ0) is 23.7. The Balaban J connectivity index is 1.93. The van der Waals surface area contributed by atoms with Gasteiger partial charge in [0.05, 0.1) is 36.0 Å². The molecule has 0 saturated heterocycles. The van der Waals surface area contributed by atoms with Crippen LogP contribution in [-0.4, -0.2) is 39.7 Å². The van der Waals surface area contributed by atoms with Crippen molar-refractivity contribution in [3.63, 3.8) is 0 Å². The lowest BCUT2D eigenvalue weighted by Crippen LogP contribution is -2.30. The van der Waals surface area contributed by atoms with Crippen LogP contribution in [-0.2, 0) is 10.0 Å². The van der Waals surface area contributed by atoms with Crippen LogP contribution in [0.15, 0.2) is 27.2 Å². The summed E-state index contributed by atoms with van der Waals surface area (Å²) in [5, 5.41) is 17.3. The summed E-state index contributed by atoms with van der Waals surface area (Å²) in [5.74, 6) is 0.616. The fourth-order valence-corrected chi connectivity index (χ4v) is 6.94. The van der Waals surface area contributed by atoms with Gasteiger partial charge < -0.3 is 20.2 Å². The molecule has 0 aliphatic carbocycles. The zero-order valence-corrected chi connectivity index (χ0v) is 21.4. The van der Waals surface area contributed by atoms with E-state index in [2.05, 4.69) is 40.2 Å². The Bertz CT molecular complexity index is 1140. The Hall–Kier alpha value is -2.15. The molecule has 0 aliphatic rings. The number of hydrogen-bond acceptors (Lipinski definition) is 10. The van der Waals surface area contributed by atoms with E-state index in [0.717, 1.165) is 28.6 Å². The van der Waals surface area contributed by atoms with Crippen LogP contribution in [0.4, 0.5) is 17.3 Å². The average Bonchev–Trinajstić information content (AvgIpc) is 3.44. The summed E-state index contributed by atoms with van der Waals surface area (Å²) in [6.45, 7) is 12.2. The number of thiophene rings is 1. The Labute approximate surface area is 196 Å². The quantitative estimate of drug-likeness (QED) is 0.368. The van der Waals surface area contributed by atoms with Crippen LogP contribution in [0.25, 0.3) is 0 Å². The molecule has 0 bridgehead atoms. The standard InChI is InChI=1S/C20H29N5O4S3/c1-7-25(8-2)32(27,28)19-15(26)14(12(3)30-19)21-17-18(24-31-23-17)22-16(20(4,5)6)13-9-10-29-11-13/h9-11,16,26H,7-8H2,1-6H3,(H,21,23)(H,22,24)/t16-/m0/s1.